The van der Waals surface area contributed by atoms with Gasteiger partial charge in [-0.25, -0.2) is 0 Å². The molecule has 7 nitrogen and oxygen atoms in total. The molecule has 1 aliphatic rings. The summed E-state index contributed by atoms with van der Waals surface area (Å²) < 4.78 is 15.6. The number of carbonyl (C=O) groups is 1. The fourth-order valence-electron chi connectivity index (χ4n) is 2.23. The lowest BCUT2D eigenvalue weighted by Gasteiger charge is -2.25. The molecule has 1 aliphatic heterocycles. The molecule has 2 rings (SSSR count). The second kappa shape index (κ2) is 7.64. The predicted octanol–water partition coefficient (Wildman–Crippen LogP) is 0.846. The van der Waals surface area contributed by atoms with Gasteiger partial charge in [-0.05, 0) is 0 Å². The Morgan fingerprint density at radius 2 is 1.95 bits per heavy atom. The molecule has 1 fully saturated rings. The van der Waals surface area contributed by atoms with E-state index in [0.29, 0.717) is 36.0 Å². The van der Waals surface area contributed by atoms with Crippen molar-refractivity contribution in [1.82, 2.24) is 4.90 Å². The van der Waals surface area contributed by atoms with E-state index in [-0.39, 0.29) is 12.5 Å². The quantitative estimate of drug-likeness (QED) is 0.868. The molecule has 1 saturated heterocycles. The van der Waals surface area contributed by atoms with Crippen LogP contribution in [0.1, 0.15) is 5.56 Å². The minimum atomic E-state index is -0.175. The smallest absolute Gasteiger partial charge is 0.238 e. The van der Waals surface area contributed by atoms with E-state index in [1.807, 2.05) is 11.0 Å². The van der Waals surface area contributed by atoms with Gasteiger partial charge in [-0.1, -0.05) is 0 Å². The van der Waals surface area contributed by atoms with Crippen molar-refractivity contribution < 1.29 is 19.0 Å². The zero-order valence-electron chi connectivity index (χ0n) is 12.7. The van der Waals surface area contributed by atoms with Crippen molar-refractivity contribution >= 4 is 11.6 Å². The van der Waals surface area contributed by atoms with Gasteiger partial charge in [0.1, 0.15) is 6.07 Å². The third-order valence-corrected chi connectivity index (χ3v) is 3.39. The van der Waals surface area contributed by atoms with E-state index in [4.69, 9.17) is 14.2 Å². The molecule has 1 heterocycles. The monoisotopic (exact) mass is 305 g/mol. The van der Waals surface area contributed by atoms with Crippen LogP contribution in [0, 0.1) is 11.3 Å². The van der Waals surface area contributed by atoms with Crippen molar-refractivity contribution in [3.63, 3.8) is 0 Å². The molecule has 0 bridgehead atoms. The van der Waals surface area contributed by atoms with Crippen molar-refractivity contribution in [2.75, 3.05) is 52.4 Å². The molecule has 0 saturated carbocycles. The van der Waals surface area contributed by atoms with Gasteiger partial charge in [-0.2, -0.15) is 5.26 Å². The first kappa shape index (κ1) is 16.1. The molecule has 0 unspecified atom stereocenters. The van der Waals surface area contributed by atoms with Gasteiger partial charge in [0.2, 0.25) is 5.91 Å². The third-order valence-electron chi connectivity index (χ3n) is 3.39. The molecule has 22 heavy (non-hydrogen) atoms. The highest BCUT2D eigenvalue weighted by Crippen LogP contribution is 2.32. The van der Waals surface area contributed by atoms with E-state index in [1.54, 1.807) is 12.1 Å². The molecule has 0 atom stereocenters. The summed E-state index contributed by atoms with van der Waals surface area (Å²) in [7, 11) is 3.00. The number of amides is 1. The van der Waals surface area contributed by atoms with Crippen molar-refractivity contribution in [3.05, 3.63) is 17.7 Å². The third kappa shape index (κ3) is 3.87. The molecular weight excluding hydrogens is 286 g/mol. The minimum Gasteiger partial charge on any atom is -0.493 e. The van der Waals surface area contributed by atoms with E-state index >= 15 is 0 Å². The van der Waals surface area contributed by atoms with Crippen LogP contribution in [-0.2, 0) is 9.53 Å². The van der Waals surface area contributed by atoms with Crippen LogP contribution < -0.4 is 14.8 Å². The van der Waals surface area contributed by atoms with Gasteiger partial charge in [0.05, 0.1) is 45.2 Å². The summed E-state index contributed by atoms with van der Waals surface area (Å²) in [6.45, 7) is 2.98. The zero-order chi connectivity index (χ0) is 15.9. The van der Waals surface area contributed by atoms with E-state index in [9.17, 15) is 10.1 Å². The lowest BCUT2D eigenvalue weighted by molar-refractivity contribution is -0.118. The van der Waals surface area contributed by atoms with Gasteiger partial charge in [-0.15, -0.1) is 0 Å². The SMILES string of the molecule is COc1cc(C#N)c(NC(=O)CN2CCOCC2)cc1OC. The van der Waals surface area contributed by atoms with Gasteiger partial charge in [0.25, 0.3) is 0 Å². The molecule has 0 spiro atoms. The standard InChI is InChI=1S/C15H19N3O4/c1-20-13-7-11(9-16)12(8-14(13)21-2)17-15(19)10-18-3-5-22-6-4-18/h7-8H,3-6,10H2,1-2H3,(H,17,19). The summed E-state index contributed by atoms with van der Waals surface area (Å²) in [5.74, 6) is 0.735. The van der Waals surface area contributed by atoms with Gasteiger partial charge >= 0.3 is 0 Å². The molecule has 0 aromatic heterocycles. The van der Waals surface area contributed by atoms with Crippen LogP contribution in [0.4, 0.5) is 5.69 Å². The highest BCUT2D eigenvalue weighted by atomic mass is 16.5. The Bertz CT molecular complexity index is 577. The number of anilines is 1. The van der Waals surface area contributed by atoms with Crippen molar-refractivity contribution in [3.8, 4) is 17.6 Å². The number of methoxy groups -OCH3 is 2. The second-order valence-corrected chi connectivity index (χ2v) is 4.80. The predicted molar refractivity (Wildman–Crippen MR) is 80.1 cm³/mol. The van der Waals surface area contributed by atoms with Gasteiger partial charge in [0, 0.05) is 25.2 Å². The largest absolute Gasteiger partial charge is 0.493 e. The van der Waals surface area contributed by atoms with Crippen LogP contribution in [0.5, 0.6) is 11.5 Å². The molecule has 0 radical (unpaired) electrons. The Balaban J connectivity index is 2.10. The number of nitrogens with one attached hydrogen (secondary N) is 1. The number of nitrogens with zero attached hydrogens (tertiary/aromatic N) is 2. The first-order chi connectivity index (χ1) is 10.7. The first-order valence-electron chi connectivity index (χ1n) is 6.94. The van der Waals surface area contributed by atoms with Crippen LogP contribution in [0.2, 0.25) is 0 Å². The molecular formula is C15H19N3O4. The molecule has 1 amide bonds. The van der Waals surface area contributed by atoms with Crippen LogP contribution in [0.15, 0.2) is 12.1 Å². The molecule has 0 aliphatic carbocycles. The highest BCUT2D eigenvalue weighted by Gasteiger charge is 2.17. The Kier molecular flexibility index (Phi) is 5.58. The average molecular weight is 305 g/mol. The number of ether oxygens (including phenoxy) is 3. The molecule has 1 N–H and O–H groups in total. The van der Waals surface area contributed by atoms with E-state index in [1.165, 1.54) is 14.2 Å². The maximum absolute atomic E-state index is 12.1. The van der Waals surface area contributed by atoms with Crippen LogP contribution >= 0.6 is 0 Å². The summed E-state index contributed by atoms with van der Waals surface area (Å²) in [4.78, 5) is 14.1. The van der Waals surface area contributed by atoms with Gasteiger partial charge in [-0.3, -0.25) is 9.69 Å². The summed E-state index contributed by atoms with van der Waals surface area (Å²) >= 11 is 0. The maximum Gasteiger partial charge on any atom is 0.238 e. The topological polar surface area (TPSA) is 83.8 Å². The number of hydrogen-bond acceptors (Lipinski definition) is 6. The van der Waals surface area contributed by atoms with Crippen molar-refractivity contribution in [2.24, 2.45) is 0 Å². The van der Waals surface area contributed by atoms with Crippen LogP contribution in [0.25, 0.3) is 0 Å². The average Bonchev–Trinajstić information content (AvgIpc) is 2.55. The number of carbonyl (C=O) groups excluding carboxylic acids is 1. The van der Waals surface area contributed by atoms with Crippen LogP contribution in [0.3, 0.4) is 0 Å². The lowest BCUT2D eigenvalue weighted by Crippen LogP contribution is -2.41. The highest BCUT2D eigenvalue weighted by molar-refractivity contribution is 5.94. The maximum atomic E-state index is 12.1. The Hall–Kier alpha value is -2.30. The van der Waals surface area contributed by atoms with E-state index < -0.39 is 0 Å². The van der Waals surface area contributed by atoms with Crippen molar-refractivity contribution in [2.45, 2.75) is 0 Å². The Morgan fingerprint density at radius 3 is 2.55 bits per heavy atom. The number of nitriles is 1. The Morgan fingerprint density at radius 1 is 1.32 bits per heavy atom. The fraction of sp³-hybridized carbons (Fsp3) is 0.467. The second-order valence-electron chi connectivity index (χ2n) is 4.80. The van der Waals surface area contributed by atoms with Gasteiger partial charge in [0.15, 0.2) is 11.5 Å². The number of morpholine rings is 1. The normalized spacial score (nSPS) is 15.0. The number of rotatable bonds is 5. The zero-order valence-corrected chi connectivity index (χ0v) is 12.7. The fourth-order valence-corrected chi connectivity index (χ4v) is 2.23. The van der Waals surface area contributed by atoms with Gasteiger partial charge < -0.3 is 19.5 Å². The lowest BCUT2D eigenvalue weighted by atomic mass is 10.1. The molecule has 1 aromatic carbocycles. The van der Waals surface area contributed by atoms with Crippen molar-refractivity contribution in [1.29, 1.82) is 5.26 Å². The van der Waals surface area contributed by atoms with E-state index in [2.05, 4.69) is 5.32 Å². The summed E-state index contributed by atoms with van der Waals surface area (Å²) in [6.07, 6.45) is 0. The van der Waals surface area contributed by atoms with Crippen LogP contribution in [-0.4, -0.2) is 57.9 Å². The minimum absolute atomic E-state index is 0.175. The first-order valence-corrected chi connectivity index (χ1v) is 6.94. The van der Waals surface area contributed by atoms with E-state index in [0.717, 1.165) is 13.1 Å². The summed E-state index contributed by atoms with van der Waals surface area (Å²) in [5.41, 5.74) is 0.742. The molecule has 118 valence electrons. The summed E-state index contributed by atoms with van der Waals surface area (Å²) in [6, 6.07) is 5.18. The molecule has 7 heteroatoms. The molecule has 1 aromatic rings. The number of benzene rings is 1. The Labute approximate surface area is 129 Å². The summed E-state index contributed by atoms with van der Waals surface area (Å²) in [5, 5.41) is 12.0. The number of hydrogen-bond donors (Lipinski definition) is 1.